The van der Waals surface area contributed by atoms with Gasteiger partial charge >= 0.3 is 12.1 Å². The van der Waals surface area contributed by atoms with Crippen molar-refractivity contribution in [3.8, 4) is 5.75 Å². The van der Waals surface area contributed by atoms with E-state index in [0.29, 0.717) is 5.75 Å². The van der Waals surface area contributed by atoms with Crippen LogP contribution in [0.5, 0.6) is 5.75 Å². The van der Waals surface area contributed by atoms with Crippen LogP contribution in [0.15, 0.2) is 48.2 Å². The maximum atomic E-state index is 12.2. The molecule has 2 aromatic rings. The number of aryl methyl sites for hydroxylation is 2. The average molecular weight is 412 g/mol. The molecule has 0 atom stereocenters. The number of methoxy groups -OCH3 is 1. The van der Waals surface area contributed by atoms with E-state index in [2.05, 4.69) is 0 Å². The second-order valence-corrected chi connectivity index (χ2v) is 7.82. The minimum Gasteiger partial charge on any atom is -0.482 e. The fourth-order valence-electron chi connectivity index (χ4n) is 2.73. The lowest BCUT2D eigenvalue weighted by Crippen LogP contribution is -2.26. The summed E-state index contributed by atoms with van der Waals surface area (Å²) in [5.41, 5.74) is 2.45. The van der Waals surface area contributed by atoms with Gasteiger partial charge in [-0.15, -0.1) is 0 Å². The predicted molar refractivity (Wildman–Crippen MR) is 114 cm³/mol. The molecule has 0 fully saturated rings. The van der Waals surface area contributed by atoms with Crippen molar-refractivity contribution in [3.05, 3.63) is 70.5 Å². The summed E-state index contributed by atoms with van der Waals surface area (Å²) in [5.74, 6) is -0.0671. The van der Waals surface area contributed by atoms with Crippen LogP contribution >= 0.6 is 0 Å². The molecule has 0 heterocycles. The topological polar surface area (TPSA) is 71.1 Å². The van der Waals surface area contributed by atoms with Gasteiger partial charge in [0.05, 0.1) is 7.11 Å². The van der Waals surface area contributed by atoms with Crippen LogP contribution in [-0.4, -0.2) is 24.8 Å². The lowest BCUT2D eigenvalue weighted by Gasteiger charge is -2.20. The van der Waals surface area contributed by atoms with Crippen molar-refractivity contribution < 1.29 is 28.5 Å². The molecule has 0 aromatic heterocycles. The summed E-state index contributed by atoms with van der Waals surface area (Å²) in [6.45, 7) is 9.17. The van der Waals surface area contributed by atoms with E-state index in [1.54, 1.807) is 39.0 Å². The first-order valence-electron chi connectivity index (χ1n) is 9.58. The molecule has 6 heteroatoms. The average Bonchev–Trinajstić information content (AvgIpc) is 2.66. The summed E-state index contributed by atoms with van der Waals surface area (Å²) in [5, 5.41) is 0. The number of carbonyl (C=O) groups is 2. The zero-order valence-electron chi connectivity index (χ0n) is 18.3. The number of ether oxygens (including phenoxy) is 4. The molecule has 0 amide bonds. The van der Waals surface area contributed by atoms with Crippen molar-refractivity contribution in [1.82, 2.24) is 0 Å². The maximum Gasteiger partial charge on any atom is 0.514 e. The Labute approximate surface area is 177 Å². The number of benzene rings is 2. The van der Waals surface area contributed by atoms with Crippen LogP contribution in [0.2, 0.25) is 0 Å². The SMILES string of the molecule is COC(=O)/C(=C/c1cc(C)c(OC(=O)OC(C)(C)C)c(C)c1)OCc1ccccc1. The largest absolute Gasteiger partial charge is 0.514 e. The molecular weight excluding hydrogens is 384 g/mol. The Morgan fingerprint density at radius 2 is 1.60 bits per heavy atom. The smallest absolute Gasteiger partial charge is 0.482 e. The molecule has 0 radical (unpaired) electrons. The lowest BCUT2D eigenvalue weighted by atomic mass is 10.0. The van der Waals surface area contributed by atoms with Gasteiger partial charge in [0, 0.05) is 0 Å². The van der Waals surface area contributed by atoms with E-state index < -0.39 is 17.7 Å². The highest BCUT2D eigenvalue weighted by Gasteiger charge is 2.20. The lowest BCUT2D eigenvalue weighted by molar-refractivity contribution is -0.140. The van der Waals surface area contributed by atoms with Crippen molar-refractivity contribution in [2.45, 2.75) is 46.8 Å². The van der Waals surface area contributed by atoms with Gasteiger partial charge in [-0.2, -0.15) is 0 Å². The van der Waals surface area contributed by atoms with Crippen LogP contribution in [0.3, 0.4) is 0 Å². The van der Waals surface area contributed by atoms with Crippen LogP contribution in [0.4, 0.5) is 4.79 Å². The molecule has 6 nitrogen and oxygen atoms in total. The van der Waals surface area contributed by atoms with Gasteiger partial charge in [0.1, 0.15) is 18.0 Å². The van der Waals surface area contributed by atoms with Gasteiger partial charge in [-0.1, -0.05) is 30.3 Å². The van der Waals surface area contributed by atoms with E-state index >= 15 is 0 Å². The summed E-state index contributed by atoms with van der Waals surface area (Å²) in [7, 11) is 1.30. The molecule has 0 aliphatic carbocycles. The highest BCUT2D eigenvalue weighted by Crippen LogP contribution is 2.27. The van der Waals surface area contributed by atoms with Crippen molar-refractivity contribution in [2.75, 3.05) is 7.11 Å². The molecule has 0 unspecified atom stereocenters. The van der Waals surface area contributed by atoms with Crippen molar-refractivity contribution in [3.63, 3.8) is 0 Å². The van der Waals surface area contributed by atoms with E-state index in [4.69, 9.17) is 18.9 Å². The van der Waals surface area contributed by atoms with Crippen LogP contribution in [-0.2, 0) is 25.6 Å². The molecule has 0 saturated heterocycles. The Morgan fingerprint density at radius 1 is 1.00 bits per heavy atom. The molecular formula is C24H28O6. The third-order valence-electron chi connectivity index (χ3n) is 3.98. The first kappa shape index (κ1) is 23.0. The van der Waals surface area contributed by atoms with Crippen molar-refractivity contribution >= 4 is 18.2 Å². The molecule has 0 saturated carbocycles. The normalized spacial score (nSPS) is 11.6. The van der Waals surface area contributed by atoms with Gasteiger partial charge in [-0.05, 0) is 75.1 Å². The van der Waals surface area contributed by atoms with Gasteiger partial charge < -0.3 is 18.9 Å². The molecule has 160 valence electrons. The Bertz CT molecular complexity index is 899. The van der Waals surface area contributed by atoms with Crippen LogP contribution in [0, 0.1) is 13.8 Å². The second-order valence-electron chi connectivity index (χ2n) is 7.82. The van der Waals surface area contributed by atoms with Gasteiger partial charge in [0.15, 0.2) is 0 Å². The summed E-state index contributed by atoms with van der Waals surface area (Å²) >= 11 is 0. The first-order valence-corrected chi connectivity index (χ1v) is 9.58. The number of rotatable bonds is 6. The Balaban J connectivity index is 2.23. The summed E-state index contributed by atoms with van der Waals surface area (Å²) < 4.78 is 21.1. The second kappa shape index (κ2) is 9.96. The highest BCUT2D eigenvalue weighted by atomic mass is 16.7. The third kappa shape index (κ3) is 6.95. The zero-order chi connectivity index (χ0) is 22.3. The van der Waals surface area contributed by atoms with E-state index in [-0.39, 0.29) is 12.4 Å². The van der Waals surface area contributed by atoms with Crippen molar-refractivity contribution in [2.24, 2.45) is 0 Å². The minimum atomic E-state index is -0.765. The van der Waals surface area contributed by atoms with Gasteiger partial charge in [0.2, 0.25) is 5.76 Å². The minimum absolute atomic E-state index is 0.0842. The first-order chi connectivity index (χ1) is 14.1. The molecule has 0 aliphatic rings. The molecule has 0 spiro atoms. The standard InChI is InChI=1S/C24H28O6/c1-16-12-19(13-17(2)21(16)29-23(26)30-24(3,4)5)14-20(22(25)27-6)28-15-18-10-8-7-9-11-18/h7-14H,15H2,1-6H3/b20-14-. The molecule has 2 rings (SSSR count). The molecule has 0 bridgehead atoms. The Kier molecular flexibility index (Phi) is 7.64. The Morgan fingerprint density at radius 3 is 2.13 bits per heavy atom. The quantitative estimate of drug-likeness (QED) is 0.276. The van der Waals surface area contributed by atoms with Gasteiger partial charge in [-0.3, -0.25) is 0 Å². The van der Waals surface area contributed by atoms with E-state index in [9.17, 15) is 9.59 Å². The van der Waals surface area contributed by atoms with Crippen LogP contribution in [0.1, 0.15) is 43.0 Å². The molecule has 2 aromatic carbocycles. The number of hydrogen-bond donors (Lipinski definition) is 0. The summed E-state index contributed by atoms with van der Waals surface area (Å²) in [6.07, 6.45) is 0.838. The summed E-state index contributed by atoms with van der Waals surface area (Å²) in [4.78, 5) is 24.2. The maximum absolute atomic E-state index is 12.2. The summed E-state index contributed by atoms with van der Waals surface area (Å²) in [6, 6.07) is 13.1. The van der Waals surface area contributed by atoms with Gasteiger partial charge in [-0.25, -0.2) is 9.59 Å². The number of carbonyl (C=O) groups excluding carboxylic acids is 2. The molecule has 30 heavy (non-hydrogen) atoms. The van der Waals surface area contributed by atoms with Gasteiger partial charge in [0.25, 0.3) is 0 Å². The monoisotopic (exact) mass is 412 g/mol. The fourth-order valence-corrected chi connectivity index (χ4v) is 2.73. The van der Waals surface area contributed by atoms with Crippen molar-refractivity contribution in [1.29, 1.82) is 0 Å². The van der Waals surface area contributed by atoms with E-state index in [0.717, 1.165) is 22.3 Å². The number of hydrogen-bond acceptors (Lipinski definition) is 6. The fraction of sp³-hybridized carbons (Fsp3) is 0.333. The highest BCUT2D eigenvalue weighted by molar-refractivity contribution is 5.91. The third-order valence-corrected chi connectivity index (χ3v) is 3.98. The molecule has 0 aliphatic heterocycles. The van der Waals surface area contributed by atoms with Crippen LogP contribution < -0.4 is 4.74 Å². The molecule has 0 N–H and O–H groups in total. The zero-order valence-corrected chi connectivity index (χ0v) is 18.3. The van der Waals surface area contributed by atoms with E-state index in [1.807, 2.05) is 44.2 Å². The number of esters is 1. The van der Waals surface area contributed by atoms with E-state index in [1.165, 1.54) is 7.11 Å². The Hall–Kier alpha value is -3.28. The van der Waals surface area contributed by atoms with Crippen LogP contribution in [0.25, 0.3) is 6.08 Å². The predicted octanol–water partition coefficient (Wildman–Crippen LogP) is 5.35.